The highest BCUT2D eigenvalue weighted by molar-refractivity contribution is 6.33. The molecule has 0 radical (unpaired) electrons. The molecule has 0 saturated carbocycles. The minimum Gasteiger partial charge on any atom is -0.355 e. The zero-order chi connectivity index (χ0) is 21.5. The van der Waals surface area contributed by atoms with Crippen LogP contribution in [0.1, 0.15) is 24.0 Å². The zero-order valence-electron chi connectivity index (χ0n) is 15.7. The first-order valence-corrected chi connectivity index (χ1v) is 9.80. The molecule has 0 bridgehead atoms. The Labute approximate surface area is 175 Å². The van der Waals surface area contributed by atoms with Gasteiger partial charge in [-0.3, -0.25) is 9.59 Å². The Balaban J connectivity index is 1.36. The second-order valence-electron chi connectivity index (χ2n) is 7.37. The Morgan fingerprint density at radius 2 is 1.97 bits per heavy atom. The Morgan fingerprint density at radius 3 is 2.63 bits per heavy atom. The van der Waals surface area contributed by atoms with Crippen molar-refractivity contribution in [2.75, 3.05) is 28.6 Å². The maximum Gasteiger partial charge on any atom is 0.417 e. The third-order valence-corrected chi connectivity index (χ3v) is 5.59. The number of halogens is 4. The molecule has 1 aromatic heterocycles. The standard InChI is InChI=1S/C20H18ClF3N4O2/c21-15-9-13(20(22,23)24)10-25-18(15)28-5-3-11(4-6-28)19(30)26-14-1-2-16-12(7-14)8-17(29)27-16/h1-2,7,9-11H,3-6,8H2,(H,26,30)(H,27,29). The van der Waals surface area contributed by atoms with Gasteiger partial charge in [-0.25, -0.2) is 4.98 Å². The molecular weight excluding hydrogens is 421 g/mol. The molecule has 0 aliphatic carbocycles. The predicted octanol–water partition coefficient (Wildman–Crippen LogP) is 4.10. The summed E-state index contributed by atoms with van der Waals surface area (Å²) in [5.74, 6) is -0.142. The van der Waals surface area contributed by atoms with E-state index < -0.39 is 11.7 Å². The lowest BCUT2D eigenvalue weighted by Crippen LogP contribution is -2.38. The van der Waals surface area contributed by atoms with Crippen LogP contribution in [0.4, 0.5) is 30.4 Å². The number of carbonyl (C=O) groups is 2. The molecule has 2 aliphatic heterocycles. The Morgan fingerprint density at radius 1 is 1.23 bits per heavy atom. The lowest BCUT2D eigenvalue weighted by Gasteiger charge is -2.32. The molecule has 1 saturated heterocycles. The number of piperidine rings is 1. The number of amides is 2. The number of pyridine rings is 1. The zero-order valence-corrected chi connectivity index (χ0v) is 16.5. The first-order valence-electron chi connectivity index (χ1n) is 9.42. The van der Waals surface area contributed by atoms with Gasteiger partial charge < -0.3 is 15.5 Å². The van der Waals surface area contributed by atoms with Gasteiger partial charge >= 0.3 is 6.18 Å². The summed E-state index contributed by atoms with van der Waals surface area (Å²) in [7, 11) is 0. The summed E-state index contributed by atoms with van der Waals surface area (Å²) in [5.41, 5.74) is 1.34. The van der Waals surface area contributed by atoms with Gasteiger partial charge in [-0.2, -0.15) is 13.2 Å². The van der Waals surface area contributed by atoms with Crippen molar-refractivity contribution in [2.24, 2.45) is 5.92 Å². The number of nitrogens with one attached hydrogen (secondary N) is 2. The molecule has 0 unspecified atom stereocenters. The topological polar surface area (TPSA) is 74.3 Å². The van der Waals surface area contributed by atoms with Crippen LogP contribution in [0.15, 0.2) is 30.5 Å². The van der Waals surface area contributed by atoms with Gasteiger partial charge in [0.2, 0.25) is 11.8 Å². The molecule has 1 fully saturated rings. The van der Waals surface area contributed by atoms with Crippen LogP contribution in [0.5, 0.6) is 0 Å². The van der Waals surface area contributed by atoms with Crippen molar-refractivity contribution >= 4 is 40.6 Å². The summed E-state index contributed by atoms with van der Waals surface area (Å²) in [4.78, 5) is 29.7. The van der Waals surface area contributed by atoms with Crippen molar-refractivity contribution in [1.29, 1.82) is 0 Å². The fourth-order valence-corrected chi connectivity index (χ4v) is 4.01. The summed E-state index contributed by atoms with van der Waals surface area (Å²) in [5, 5.41) is 5.56. The van der Waals surface area contributed by atoms with E-state index in [0.717, 1.165) is 23.5 Å². The number of benzene rings is 1. The quantitative estimate of drug-likeness (QED) is 0.756. The van der Waals surface area contributed by atoms with Gasteiger partial charge in [0.1, 0.15) is 5.82 Å². The predicted molar refractivity (Wildman–Crippen MR) is 107 cm³/mol. The number of hydrogen-bond donors (Lipinski definition) is 2. The van der Waals surface area contributed by atoms with Crippen molar-refractivity contribution in [3.8, 4) is 0 Å². The van der Waals surface area contributed by atoms with Crippen LogP contribution in [0, 0.1) is 5.92 Å². The van der Waals surface area contributed by atoms with E-state index in [2.05, 4.69) is 15.6 Å². The number of anilines is 3. The van der Waals surface area contributed by atoms with Crippen LogP contribution in [-0.2, 0) is 22.2 Å². The highest BCUT2D eigenvalue weighted by Crippen LogP contribution is 2.35. The SMILES string of the molecule is O=C1Cc2cc(NC(=O)C3CCN(c4ncc(C(F)(F)F)cc4Cl)CC3)ccc2N1. The lowest BCUT2D eigenvalue weighted by molar-refractivity contribution is -0.137. The van der Waals surface area contributed by atoms with Gasteiger partial charge in [-0.15, -0.1) is 0 Å². The molecule has 158 valence electrons. The average Bonchev–Trinajstić information content (AvgIpc) is 3.06. The summed E-state index contributed by atoms with van der Waals surface area (Å²) >= 11 is 6.02. The van der Waals surface area contributed by atoms with Crippen LogP contribution in [0.25, 0.3) is 0 Å². The van der Waals surface area contributed by atoms with E-state index in [0.29, 0.717) is 43.9 Å². The van der Waals surface area contributed by atoms with Crippen molar-refractivity contribution in [1.82, 2.24) is 4.98 Å². The van der Waals surface area contributed by atoms with Gasteiger partial charge in [-0.05, 0) is 42.7 Å². The van der Waals surface area contributed by atoms with Crippen molar-refractivity contribution in [3.05, 3.63) is 46.6 Å². The molecule has 2 aliphatic rings. The minimum atomic E-state index is -4.50. The van der Waals surface area contributed by atoms with E-state index in [9.17, 15) is 22.8 Å². The van der Waals surface area contributed by atoms with Crippen LogP contribution in [0.2, 0.25) is 5.02 Å². The number of rotatable bonds is 3. The van der Waals surface area contributed by atoms with Gasteiger partial charge in [-0.1, -0.05) is 11.6 Å². The number of aromatic nitrogens is 1. The third-order valence-electron chi connectivity index (χ3n) is 5.31. The molecule has 10 heteroatoms. The number of fused-ring (bicyclic) bond motifs is 1. The smallest absolute Gasteiger partial charge is 0.355 e. The largest absolute Gasteiger partial charge is 0.417 e. The molecule has 2 amide bonds. The second kappa shape index (κ2) is 7.79. The summed E-state index contributed by atoms with van der Waals surface area (Å²) in [6.07, 6.45) is -2.39. The summed E-state index contributed by atoms with van der Waals surface area (Å²) in [6, 6.07) is 6.16. The number of nitrogens with zero attached hydrogens (tertiary/aromatic N) is 2. The van der Waals surface area contributed by atoms with Gasteiger partial charge in [0.25, 0.3) is 0 Å². The van der Waals surface area contributed by atoms with E-state index in [1.165, 1.54) is 0 Å². The first-order chi connectivity index (χ1) is 14.2. The molecule has 0 atom stereocenters. The maximum absolute atomic E-state index is 12.8. The first kappa shape index (κ1) is 20.5. The Kier molecular flexibility index (Phi) is 5.31. The normalized spacial score (nSPS) is 16.9. The number of hydrogen-bond acceptors (Lipinski definition) is 4. The monoisotopic (exact) mass is 438 g/mol. The fourth-order valence-electron chi connectivity index (χ4n) is 3.72. The minimum absolute atomic E-state index is 0.0611. The Hall–Kier alpha value is -2.81. The highest BCUT2D eigenvalue weighted by atomic mass is 35.5. The second-order valence-corrected chi connectivity index (χ2v) is 7.78. The highest BCUT2D eigenvalue weighted by Gasteiger charge is 2.33. The third kappa shape index (κ3) is 4.21. The molecule has 6 nitrogen and oxygen atoms in total. The molecule has 2 N–H and O–H groups in total. The molecule has 0 spiro atoms. The van der Waals surface area contributed by atoms with E-state index >= 15 is 0 Å². The van der Waals surface area contributed by atoms with E-state index in [1.807, 2.05) is 0 Å². The Bertz CT molecular complexity index is 1000. The van der Waals surface area contributed by atoms with Crippen molar-refractivity contribution < 1.29 is 22.8 Å². The fraction of sp³-hybridized carbons (Fsp3) is 0.350. The van der Waals surface area contributed by atoms with Crippen LogP contribution >= 0.6 is 11.6 Å². The van der Waals surface area contributed by atoms with E-state index in [1.54, 1.807) is 23.1 Å². The number of alkyl halides is 3. The summed E-state index contributed by atoms with van der Waals surface area (Å²) in [6.45, 7) is 0.914. The molecule has 4 rings (SSSR count). The van der Waals surface area contributed by atoms with Crippen LogP contribution < -0.4 is 15.5 Å². The van der Waals surface area contributed by atoms with Gasteiger partial charge in [0, 0.05) is 36.6 Å². The van der Waals surface area contributed by atoms with Crippen LogP contribution in [-0.4, -0.2) is 29.9 Å². The maximum atomic E-state index is 12.8. The molecule has 30 heavy (non-hydrogen) atoms. The van der Waals surface area contributed by atoms with E-state index in [4.69, 9.17) is 11.6 Å². The van der Waals surface area contributed by atoms with E-state index in [-0.39, 0.29) is 22.8 Å². The number of carbonyl (C=O) groups excluding carboxylic acids is 2. The van der Waals surface area contributed by atoms with Crippen LogP contribution in [0.3, 0.4) is 0 Å². The van der Waals surface area contributed by atoms with Crippen molar-refractivity contribution in [2.45, 2.75) is 25.4 Å². The van der Waals surface area contributed by atoms with Crippen molar-refractivity contribution in [3.63, 3.8) is 0 Å². The molecule has 2 aromatic rings. The molecule has 3 heterocycles. The average molecular weight is 439 g/mol. The molecular formula is C20H18ClF3N4O2. The van der Waals surface area contributed by atoms with Gasteiger partial charge in [0.15, 0.2) is 0 Å². The summed E-state index contributed by atoms with van der Waals surface area (Å²) < 4.78 is 38.3. The lowest BCUT2D eigenvalue weighted by atomic mass is 9.95. The van der Waals surface area contributed by atoms with Gasteiger partial charge in [0.05, 0.1) is 17.0 Å². The molecule has 1 aromatic carbocycles.